The predicted octanol–water partition coefficient (Wildman–Crippen LogP) is 3.51. The van der Waals surface area contributed by atoms with Gasteiger partial charge in [0.25, 0.3) is 5.91 Å². The number of aromatic nitrogens is 1. The molecule has 1 N–H and O–H groups in total. The van der Waals surface area contributed by atoms with Gasteiger partial charge in [0.2, 0.25) is 5.91 Å². The normalized spacial score (nSPS) is 19.9. The maximum Gasteiger partial charge on any atom is 0.277 e. The second-order valence-electron chi connectivity index (χ2n) is 8.20. The van der Waals surface area contributed by atoms with Crippen LogP contribution in [0.15, 0.2) is 28.9 Å². The first-order valence-corrected chi connectivity index (χ1v) is 10.4. The van der Waals surface area contributed by atoms with Crippen LogP contribution in [-0.4, -0.2) is 36.6 Å². The van der Waals surface area contributed by atoms with Gasteiger partial charge in [0.15, 0.2) is 11.6 Å². The van der Waals surface area contributed by atoms with E-state index in [4.69, 9.17) is 9.15 Å². The van der Waals surface area contributed by atoms with E-state index in [0.717, 1.165) is 30.6 Å². The highest BCUT2D eigenvalue weighted by Crippen LogP contribution is 2.36. The van der Waals surface area contributed by atoms with Crippen LogP contribution in [0.5, 0.6) is 0 Å². The second kappa shape index (κ2) is 7.63. The number of nitrogens with zero attached hydrogens (tertiary/aromatic N) is 2. The average Bonchev–Trinajstić information content (AvgIpc) is 3.42. The van der Waals surface area contributed by atoms with Crippen molar-refractivity contribution < 1.29 is 18.7 Å². The Kier molecular flexibility index (Phi) is 4.83. The van der Waals surface area contributed by atoms with Crippen LogP contribution in [0.4, 0.5) is 11.4 Å². The summed E-state index contributed by atoms with van der Waals surface area (Å²) in [5, 5.41) is 2.91. The number of oxazole rings is 1. The van der Waals surface area contributed by atoms with Gasteiger partial charge >= 0.3 is 0 Å². The molecule has 7 heteroatoms. The Morgan fingerprint density at radius 3 is 2.79 bits per heavy atom. The van der Waals surface area contributed by atoms with Crippen LogP contribution < -0.4 is 10.2 Å². The van der Waals surface area contributed by atoms with Gasteiger partial charge in [-0.1, -0.05) is 0 Å². The van der Waals surface area contributed by atoms with E-state index in [9.17, 15) is 9.59 Å². The monoisotopic (exact) mass is 395 g/mol. The molecule has 2 amide bonds. The molecular formula is C22H25N3O4. The van der Waals surface area contributed by atoms with Crippen molar-refractivity contribution in [3.63, 3.8) is 0 Å². The van der Waals surface area contributed by atoms with Gasteiger partial charge < -0.3 is 19.4 Å². The Bertz CT molecular complexity index is 928. The smallest absolute Gasteiger partial charge is 0.277 e. The average molecular weight is 395 g/mol. The minimum atomic E-state index is -0.284. The topological polar surface area (TPSA) is 84.7 Å². The molecule has 1 aliphatic carbocycles. The Balaban J connectivity index is 1.29. The third-order valence-electron chi connectivity index (χ3n) is 6.00. The van der Waals surface area contributed by atoms with Crippen LogP contribution in [0, 0.1) is 5.92 Å². The number of fused-ring (bicyclic) bond motifs is 1. The van der Waals surface area contributed by atoms with E-state index < -0.39 is 0 Å². The zero-order valence-corrected chi connectivity index (χ0v) is 16.4. The van der Waals surface area contributed by atoms with Crippen LogP contribution in [0.25, 0.3) is 0 Å². The molecule has 1 saturated heterocycles. The number of aryl methyl sites for hydroxylation is 1. The summed E-state index contributed by atoms with van der Waals surface area (Å²) >= 11 is 0. The Morgan fingerprint density at radius 1 is 1.17 bits per heavy atom. The van der Waals surface area contributed by atoms with E-state index in [1.165, 1.54) is 19.1 Å². The lowest BCUT2D eigenvalue weighted by atomic mass is 10.00. The number of nitrogens with one attached hydrogen (secondary N) is 1. The van der Waals surface area contributed by atoms with E-state index in [1.54, 1.807) is 0 Å². The Hall–Kier alpha value is -2.67. The van der Waals surface area contributed by atoms with Gasteiger partial charge in [-0.3, -0.25) is 9.59 Å². The number of carbonyl (C=O) groups is 2. The van der Waals surface area contributed by atoms with Gasteiger partial charge in [0.1, 0.15) is 6.26 Å². The molecule has 3 heterocycles. The summed E-state index contributed by atoms with van der Waals surface area (Å²) in [5.74, 6) is 1.38. The van der Waals surface area contributed by atoms with Gasteiger partial charge in [0, 0.05) is 43.5 Å². The van der Waals surface area contributed by atoms with E-state index in [1.807, 2.05) is 23.1 Å². The molecule has 1 saturated carbocycles. The minimum absolute atomic E-state index is 0.199. The van der Waals surface area contributed by atoms with Gasteiger partial charge in [-0.15, -0.1) is 0 Å². The predicted molar refractivity (Wildman–Crippen MR) is 107 cm³/mol. The highest BCUT2D eigenvalue weighted by Gasteiger charge is 2.31. The van der Waals surface area contributed by atoms with E-state index in [-0.39, 0.29) is 23.4 Å². The number of rotatable bonds is 5. The molecule has 0 radical (unpaired) electrons. The standard InChI is InChI=1S/C22H25N3O4/c26-20-6-3-16-11-17(4-5-19(16)25(20)12-14-1-2-14)23-21(27)18-13-29-22(24-18)15-7-9-28-10-8-15/h4-5,11,13-15H,1-3,6-10,12H2,(H,23,27). The zero-order valence-electron chi connectivity index (χ0n) is 16.4. The molecule has 7 nitrogen and oxygen atoms in total. The van der Waals surface area contributed by atoms with Crippen molar-refractivity contribution in [3.8, 4) is 0 Å². The van der Waals surface area contributed by atoms with Gasteiger partial charge in [-0.05, 0) is 61.8 Å². The summed E-state index contributed by atoms with van der Waals surface area (Å²) in [4.78, 5) is 31.3. The lowest BCUT2D eigenvalue weighted by Crippen LogP contribution is -2.36. The van der Waals surface area contributed by atoms with Crippen molar-refractivity contribution in [2.45, 2.75) is 44.4 Å². The van der Waals surface area contributed by atoms with Gasteiger partial charge in [-0.25, -0.2) is 4.98 Å². The summed E-state index contributed by atoms with van der Waals surface area (Å²) in [5.41, 5.74) is 3.08. The van der Waals surface area contributed by atoms with Crippen LogP contribution in [-0.2, 0) is 16.0 Å². The summed E-state index contributed by atoms with van der Waals surface area (Å²) in [7, 11) is 0. The first-order valence-electron chi connectivity index (χ1n) is 10.4. The van der Waals surface area contributed by atoms with Crippen molar-refractivity contribution in [1.82, 2.24) is 4.98 Å². The zero-order chi connectivity index (χ0) is 19.8. The molecule has 3 aliphatic rings. The van der Waals surface area contributed by atoms with Crippen molar-refractivity contribution in [2.24, 2.45) is 5.92 Å². The molecule has 152 valence electrons. The maximum absolute atomic E-state index is 12.6. The molecule has 0 atom stereocenters. The highest BCUT2D eigenvalue weighted by molar-refractivity contribution is 6.03. The van der Waals surface area contributed by atoms with Crippen molar-refractivity contribution in [3.05, 3.63) is 41.6 Å². The summed E-state index contributed by atoms with van der Waals surface area (Å²) in [6.07, 6.45) is 6.80. The van der Waals surface area contributed by atoms with Gasteiger partial charge in [-0.2, -0.15) is 0 Å². The Morgan fingerprint density at radius 2 is 2.00 bits per heavy atom. The summed E-state index contributed by atoms with van der Waals surface area (Å²) in [6.45, 7) is 2.21. The third-order valence-corrected chi connectivity index (χ3v) is 6.00. The molecule has 0 bridgehead atoms. The first-order chi connectivity index (χ1) is 14.2. The maximum atomic E-state index is 12.6. The number of ether oxygens (including phenoxy) is 1. The van der Waals surface area contributed by atoms with Crippen molar-refractivity contribution in [1.29, 1.82) is 0 Å². The Labute approximate surface area is 169 Å². The largest absolute Gasteiger partial charge is 0.448 e. The fourth-order valence-corrected chi connectivity index (χ4v) is 4.12. The molecule has 1 aromatic heterocycles. The van der Waals surface area contributed by atoms with Crippen molar-refractivity contribution >= 4 is 23.2 Å². The molecule has 2 aliphatic heterocycles. The summed E-state index contributed by atoms with van der Waals surface area (Å²) < 4.78 is 10.9. The summed E-state index contributed by atoms with van der Waals surface area (Å²) in [6, 6.07) is 5.77. The number of carbonyl (C=O) groups excluding carboxylic acids is 2. The molecule has 29 heavy (non-hydrogen) atoms. The van der Waals surface area contributed by atoms with E-state index >= 15 is 0 Å². The lowest BCUT2D eigenvalue weighted by Gasteiger charge is -2.30. The second-order valence-corrected chi connectivity index (χ2v) is 8.20. The van der Waals surface area contributed by atoms with Crippen LogP contribution in [0.3, 0.4) is 0 Å². The number of amides is 2. The molecule has 5 rings (SSSR count). The number of hydrogen-bond donors (Lipinski definition) is 1. The quantitative estimate of drug-likeness (QED) is 0.837. The SMILES string of the molecule is O=C(Nc1ccc2c(c1)CCC(=O)N2CC1CC1)c1coc(C2CCOCC2)n1. The highest BCUT2D eigenvalue weighted by atomic mass is 16.5. The van der Waals surface area contributed by atoms with Crippen molar-refractivity contribution in [2.75, 3.05) is 30.0 Å². The fraction of sp³-hybridized carbons (Fsp3) is 0.500. The number of benzene rings is 1. The third kappa shape index (κ3) is 3.92. The van der Waals surface area contributed by atoms with Gasteiger partial charge in [0.05, 0.1) is 0 Å². The molecule has 0 spiro atoms. The fourth-order valence-electron chi connectivity index (χ4n) is 4.12. The first kappa shape index (κ1) is 18.4. The van der Waals surface area contributed by atoms with E-state index in [2.05, 4.69) is 10.3 Å². The number of hydrogen-bond acceptors (Lipinski definition) is 5. The van der Waals surface area contributed by atoms with Crippen LogP contribution in [0.1, 0.15) is 60.0 Å². The lowest BCUT2D eigenvalue weighted by molar-refractivity contribution is -0.119. The van der Waals surface area contributed by atoms with Crippen LogP contribution >= 0.6 is 0 Å². The minimum Gasteiger partial charge on any atom is -0.448 e. The molecule has 2 aromatic rings. The number of anilines is 2. The van der Waals surface area contributed by atoms with E-state index in [0.29, 0.717) is 43.6 Å². The van der Waals surface area contributed by atoms with Crippen LogP contribution in [0.2, 0.25) is 0 Å². The molecular weight excluding hydrogens is 370 g/mol. The molecule has 1 aromatic carbocycles. The molecule has 0 unspecified atom stereocenters. The molecule has 2 fully saturated rings.